The Morgan fingerprint density at radius 3 is 2.79 bits per heavy atom. The van der Waals surface area contributed by atoms with Gasteiger partial charge >= 0.3 is 0 Å². The Bertz CT molecular complexity index is 757. The largest absolute Gasteiger partial charge is 0.494 e. The average Bonchev–Trinajstić information content (AvgIpc) is 2.84. The number of imidazole rings is 1. The van der Waals surface area contributed by atoms with Gasteiger partial charge in [-0.25, -0.2) is 14.4 Å². The van der Waals surface area contributed by atoms with Crippen LogP contribution in [0.2, 0.25) is 0 Å². The molecule has 4 nitrogen and oxygen atoms in total. The van der Waals surface area contributed by atoms with Gasteiger partial charge < -0.3 is 9.72 Å². The van der Waals surface area contributed by atoms with Crippen molar-refractivity contribution in [2.24, 2.45) is 0 Å². The number of methoxy groups -OCH3 is 1. The molecule has 0 aliphatic rings. The Labute approximate surface area is 116 Å². The molecule has 0 fully saturated rings. The van der Waals surface area contributed by atoms with E-state index in [1.165, 1.54) is 6.07 Å². The molecule has 0 spiro atoms. The van der Waals surface area contributed by atoms with Gasteiger partial charge in [0.05, 0.1) is 12.6 Å². The maximum absolute atomic E-state index is 13.6. The van der Waals surface area contributed by atoms with Crippen molar-refractivity contribution in [1.82, 2.24) is 15.0 Å². The van der Waals surface area contributed by atoms with E-state index >= 15 is 0 Å². The third kappa shape index (κ3) is 2.08. The fourth-order valence-corrected chi connectivity index (χ4v) is 2.18. The molecule has 0 bridgehead atoms. The van der Waals surface area contributed by atoms with E-state index in [1.54, 1.807) is 31.4 Å². The van der Waals surface area contributed by atoms with E-state index in [9.17, 15) is 4.39 Å². The molecular weight excluding hydrogens is 313 g/mol. The minimum absolute atomic E-state index is 0.293. The molecule has 1 aromatic carbocycles. The molecule has 19 heavy (non-hydrogen) atoms. The molecule has 0 aliphatic heterocycles. The van der Waals surface area contributed by atoms with Crippen LogP contribution in [0.25, 0.3) is 22.6 Å². The highest BCUT2D eigenvalue weighted by molar-refractivity contribution is 9.10. The summed E-state index contributed by atoms with van der Waals surface area (Å²) in [5.74, 6) is 0.676. The van der Waals surface area contributed by atoms with Crippen LogP contribution in [0.5, 0.6) is 5.75 Å². The number of hydrogen-bond donors (Lipinski definition) is 1. The summed E-state index contributed by atoms with van der Waals surface area (Å²) >= 11 is 3.30. The first kappa shape index (κ1) is 12.1. The van der Waals surface area contributed by atoms with Crippen molar-refractivity contribution in [3.63, 3.8) is 0 Å². The van der Waals surface area contributed by atoms with E-state index < -0.39 is 0 Å². The molecular formula is C13H9BrFN3O. The van der Waals surface area contributed by atoms with Gasteiger partial charge in [-0.3, -0.25) is 0 Å². The summed E-state index contributed by atoms with van der Waals surface area (Å²) in [4.78, 5) is 11.6. The monoisotopic (exact) mass is 321 g/mol. The fraction of sp³-hybridized carbons (Fsp3) is 0.0769. The number of ether oxygens (including phenoxy) is 1. The number of pyridine rings is 1. The minimum Gasteiger partial charge on any atom is -0.494 e. The van der Waals surface area contributed by atoms with E-state index in [-0.39, 0.29) is 5.82 Å². The smallest absolute Gasteiger partial charge is 0.161 e. The van der Waals surface area contributed by atoms with E-state index in [0.717, 1.165) is 0 Å². The summed E-state index contributed by atoms with van der Waals surface area (Å²) in [5.41, 5.74) is 1.45. The number of nitrogens with zero attached hydrogens (tertiary/aromatic N) is 2. The third-order valence-corrected chi connectivity index (χ3v) is 3.17. The first-order valence-corrected chi connectivity index (χ1v) is 6.33. The topological polar surface area (TPSA) is 50.8 Å². The number of nitrogens with one attached hydrogen (secondary N) is 1. The normalized spacial score (nSPS) is 10.9. The second-order valence-electron chi connectivity index (χ2n) is 3.91. The van der Waals surface area contributed by atoms with Crippen molar-refractivity contribution in [2.75, 3.05) is 7.11 Å². The first-order chi connectivity index (χ1) is 9.19. The van der Waals surface area contributed by atoms with E-state index in [4.69, 9.17) is 4.74 Å². The SMILES string of the molecule is COc1ccc(Br)nc1-c1nc2c(F)cccc2[nH]1. The van der Waals surface area contributed by atoms with Crippen molar-refractivity contribution in [1.29, 1.82) is 0 Å². The van der Waals surface area contributed by atoms with Crippen LogP contribution in [-0.4, -0.2) is 22.1 Å². The molecule has 0 atom stereocenters. The summed E-state index contributed by atoms with van der Waals surface area (Å²) in [6.45, 7) is 0. The van der Waals surface area contributed by atoms with Gasteiger partial charge in [0.25, 0.3) is 0 Å². The molecule has 3 aromatic rings. The predicted molar refractivity (Wildman–Crippen MR) is 73.5 cm³/mol. The molecule has 0 aliphatic carbocycles. The second kappa shape index (κ2) is 4.62. The lowest BCUT2D eigenvalue weighted by Crippen LogP contribution is -1.93. The molecule has 0 radical (unpaired) electrons. The van der Waals surface area contributed by atoms with Crippen molar-refractivity contribution in [3.8, 4) is 17.3 Å². The predicted octanol–water partition coefficient (Wildman–Crippen LogP) is 3.54. The highest BCUT2D eigenvalue weighted by Gasteiger charge is 2.14. The van der Waals surface area contributed by atoms with Gasteiger partial charge in [0, 0.05) is 0 Å². The zero-order chi connectivity index (χ0) is 13.4. The van der Waals surface area contributed by atoms with Gasteiger partial charge in [0.1, 0.15) is 21.6 Å². The second-order valence-corrected chi connectivity index (χ2v) is 4.72. The van der Waals surface area contributed by atoms with Gasteiger partial charge in [-0.2, -0.15) is 0 Å². The number of benzene rings is 1. The van der Waals surface area contributed by atoms with Crippen LogP contribution in [0.4, 0.5) is 4.39 Å². The van der Waals surface area contributed by atoms with Crippen LogP contribution >= 0.6 is 15.9 Å². The van der Waals surface area contributed by atoms with Gasteiger partial charge in [-0.15, -0.1) is 0 Å². The van der Waals surface area contributed by atoms with Crippen molar-refractivity contribution < 1.29 is 9.13 Å². The quantitative estimate of drug-likeness (QED) is 0.734. The van der Waals surface area contributed by atoms with Gasteiger partial charge in [0.15, 0.2) is 11.6 Å². The number of aromatic nitrogens is 3. The molecule has 96 valence electrons. The molecule has 0 amide bonds. The van der Waals surface area contributed by atoms with E-state index in [2.05, 4.69) is 30.9 Å². The molecule has 0 saturated carbocycles. The Morgan fingerprint density at radius 2 is 2.05 bits per heavy atom. The number of rotatable bonds is 2. The Morgan fingerprint density at radius 1 is 1.21 bits per heavy atom. The van der Waals surface area contributed by atoms with Crippen molar-refractivity contribution in [2.45, 2.75) is 0 Å². The zero-order valence-corrected chi connectivity index (χ0v) is 11.5. The first-order valence-electron chi connectivity index (χ1n) is 5.54. The summed E-state index contributed by atoms with van der Waals surface area (Å²) in [6, 6.07) is 8.31. The van der Waals surface area contributed by atoms with Crippen LogP contribution in [0.1, 0.15) is 0 Å². The van der Waals surface area contributed by atoms with Crippen molar-refractivity contribution in [3.05, 3.63) is 40.8 Å². The van der Waals surface area contributed by atoms with Gasteiger partial charge in [-0.05, 0) is 40.2 Å². The number of aromatic amines is 1. The zero-order valence-electron chi connectivity index (χ0n) is 9.95. The van der Waals surface area contributed by atoms with Crippen LogP contribution in [0.3, 0.4) is 0 Å². The Balaban J connectivity index is 2.24. The number of hydrogen-bond acceptors (Lipinski definition) is 3. The maximum Gasteiger partial charge on any atom is 0.161 e. The molecule has 0 saturated heterocycles. The van der Waals surface area contributed by atoms with Gasteiger partial charge in [-0.1, -0.05) is 6.07 Å². The molecule has 2 aromatic heterocycles. The highest BCUT2D eigenvalue weighted by atomic mass is 79.9. The lowest BCUT2D eigenvalue weighted by molar-refractivity contribution is 0.414. The lowest BCUT2D eigenvalue weighted by atomic mass is 10.3. The molecule has 0 unspecified atom stereocenters. The fourth-order valence-electron chi connectivity index (χ4n) is 1.87. The summed E-state index contributed by atoms with van der Waals surface area (Å²) in [6.07, 6.45) is 0. The molecule has 3 rings (SSSR count). The van der Waals surface area contributed by atoms with E-state index in [1.807, 2.05) is 0 Å². The number of halogens is 2. The van der Waals surface area contributed by atoms with Crippen LogP contribution < -0.4 is 4.74 Å². The summed E-state index contributed by atoms with van der Waals surface area (Å²) in [5, 5.41) is 0. The van der Waals surface area contributed by atoms with E-state index in [0.29, 0.717) is 32.9 Å². The van der Waals surface area contributed by atoms with Crippen molar-refractivity contribution >= 4 is 27.0 Å². The standard InChI is InChI=1S/C13H9BrFN3O/c1-19-9-5-6-10(14)17-12(9)13-16-8-4-2-3-7(15)11(8)18-13/h2-6H,1H3,(H,16,18). The van der Waals surface area contributed by atoms with Gasteiger partial charge in [0.2, 0.25) is 0 Å². The average molecular weight is 322 g/mol. The summed E-state index contributed by atoms with van der Waals surface area (Å²) < 4.78 is 19.5. The molecule has 1 N–H and O–H groups in total. The van der Waals surface area contributed by atoms with Crippen LogP contribution in [0, 0.1) is 5.82 Å². The Kier molecular flexibility index (Phi) is 2.94. The summed E-state index contributed by atoms with van der Waals surface area (Å²) in [7, 11) is 1.55. The molecule has 6 heteroatoms. The van der Waals surface area contributed by atoms with Crippen LogP contribution in [-0.2, 0) is 0 Å². The number of para-hydroxylation sites is 1. The Hall–Kier alpha value is -1.95. The van der Waals surface area contributed by atoms with Crippen LogP contribution in [0.15, 0.2) is 34.9 Å². The minimum atomic E-state index is -0.367. The highest BCUT2D eigenvalue weighted by Crippen LogP contribution is 2.29. The third-order valence-electron chi connectivity index (χ3n) is 2.73. The number of fused-ring (bicyclic) bond motifs is 1. The maximum atomic E-state index is 13.6. The lowest BCUT2D eigenvalue weighted by Gasteiger charge is -2.04. The number of H-pyrrole nitrogens is 1. The molecule has 2 heterocycles.